The van der Waals surface area contributed by atoms with E-state index in [2.05, 4.69) is 10.3 Å². The summed E-state index contributed by atoms with van der Waals surface area (Å²) < 4.78 is 0. The maximum Gasteiger partial charge on any atom is 0.307 e. The molecule has 0 atom stereocenters. The minimum absolute atomic E-state index is 0.116. The third kappa shape index (κ3) is 4.05. The average molecular weight is 300 g/mol. The monoisotopic (exact) mass is 300 g/mol. The van der Waals surface area contributed by atoms with E-state index in [9.17, 15) is 14.4 Å². The highest BCUT2D eigenvalue weighted by atomic mass is 16.4. The first-order valence-corrected chi connectivity index (χ1v) is 6.83. The van der Waals surface area contributed by atoms with Gasteiger partial charge in [0.1, 0.15) is 0 Å². The zero-order valence-electron chi connectivity index (χ0n) is 12.1. The van der Waals surface area contributed by atoms with E-state index in [1.165, 1.54) is 6.07 Å². The third-order valence-corrected chi connectivity index (χ3v) is 3.08. The molecule has 1 heterocycles. The molecule has 0 bridgehead atoms. The maximum absolute atomic E-state index is 12.2. The number of hydrogen-bond acceptors (Lipinski definition) is 3. The molecule has 0 aliphatic heterocycles. The number of rotatable bonds is 5. The van der Waals surface area contributed by atoms with Crippen molar-refractivity contribution < 1.29 is 14.7 Å². The van der Waals surface area contributed by atoms with Crippen LogP contribution in [0.1, 0.15) is 28.5 Å². The highest BCUT2D eigenvalue weighted by Crippen LogP contribution is 2.13. The molecular formula is C16H16N2O4. The number of H-pyrrole nitrogens is 1. The van der Waals surface area contributed by atoms with Crippen molar-refractivity contribution in [2.24, 2.45) is 0 Å². The second-order valence-electron chi connectivity index (χ2n) is 4.84. The zero-order chi connectivity index (χ0) is 16.1. The molecule has 6 heteroatoms. The molecule has 2 aromatic rings. The van der Waals surface area contributed by atoms with Gasteiger partial charge in [0.25, 0.3) is 5.91 Å². The lowest BCUT2D eigenvalue weighted by Crippen LogP contribution is -2.17. The van der Waals surface area contributed by atoms with Crippen molar-refractivity contribution in [1.29, 1.82) is 0 Å². The van der Waals surface area contributed by atoms with E-state index in [0.717, 1.165) is 0 Å². The summed E-state index contributed by atoms with van der Waals surface area (Å²) in [7, 11) is 0. The standard InChI is InChI=1S/C16H16N2O4/c1-2-12-8-11(9-14(19)17-12)16(22)18-13-5-3-4-10(6-13)7-15(20)21/h3-6,8-9H,2,7H2,1H3,(H,17,19)(H,18,22)(H,20,21). The molecular weight excluding hydrogens is 284 g/mol. The number of aromatic amines is 1. The summed E-state index contributed by atoms with van der Waals surface area (Å²) in [5, 5.41) is 11.4. The maximum atomic E-state index is 12.2. The van der Waals surface area contributed by atoms with Gasteiger partial charge in [-0.1, -0.05) is 19.1 Å². The van der Waals surface area contributed by atoms with E-state index >= 15 is 0 Å². The summed E-state index contributed by atoms with van der Waals surface area (Å²) in [5.41, 5.74) is 1.69. The summed E-state index contributed by atoms with van der Waals surface area (Å²) in [5.74, 6) is -1.35. The van der Waals surface area contributed by atoms with E-state index in [1.807, 2.05) is 6.92 Å². The SMILES string of the molecule is CCc1cc(C(=O)Nc2cccc(CC(=O)O)c2)cc(=O)[nH]1. The number of benzene rings is 1. The number of aromatic nitrogens is 1. The lowest BCUT2D eigenvalue weighted by Gasteiger charge is -2.07. The average Bonchev–Trinajstić information content (AvgIpc) is 2.46. The van der Waals surface area contributed by atoms with Crippen LogP contribution >= 0.6 is 0 Å². The quantitative estimate of drug-likeness (QED) is 0.784. The molecule has 1 aromatic heterocycles. The molecule has 3 N–H and O–H groups in total. The number of amides is 1. The summed E-state index contributed by atoms with van der Waals surface area (Å²) in [6.45, 7) is 1.88. The largest absolute Gasteiger partial charge is 0.481 e. The van der Waals surface area contributed by atoms with Gasteiger partial charge in [0.15, 0.2) is 0 Å². The molecule has 22 heavy (non-hydrogen) atoms. The number of carbonyl (C=O) groups is 2. The van der Waals surface area contributed by atoms with Crippen molar-refractivity contribution in [2.75, 3.05) is 5.32 Å². The molecule has 0 spiro atoms. The molecule has 114 valence electrons. The number of carboxylic acids is 1. The molecule has 0 fully saturated rings. The predicted octanol–water partition coefficient (Wildman–Crippen LogP) is 1.82. The normalized spacial score (nSPS) is 10.2. The van der Waals surface area contributed by atoms with Gasteiger partial charge >= 0.3 is 5.97 Å². The summed E-state index contributed by atoms with van der Waals surface area (Å²) in [4.78, 5) is 37.0. The Balaban J connectivity index is 2.20. The minimum atomic E-state index is -0.939. The van der Waals surface area contributed by atoms with Gasteiger partial charge in [0.2, 0.25) is 5.56 Å². The number of carbonyl (C=O) groups excluding carboxylic acids is 1. The van der Waals surface area contributed by atoms with Crippen LogP contribution in [-0.2, 0) is 17.6 Å². The van der Waals surface area contributed by atoms with E-state index < -0.39 is 11.9 Å². The van der Waals surface area contributed by atoms with Gasteiger partial charge in [-0.25, -0.2) is 0 Å². The smallest absolute Gasteiger partial charge is 0.307 e. The summed E-state index contributed by atoms with van der Waals surface area (Å²) in [6, 6.07) is 9.46. The number of pyridine rings is 1. The van der Waals surface area contributed by atoms with Crippen LogP contribution in [0.2, 0.25) is 0 Å². The van der Waals surface area contributed by atoms with Gasteiger partial charge in [-0.05, 0) is 30.2 Å². The van der Waals surface area contributed by atoms with E-state index in [-0.39, 0.29) is 17.5 Å². The van der Waals surface area contributed by atoms with Crippen molar-refractivity contribution in [3.05, 3.63) is 63.6 Å². The Morgan fingerprint density at radius 3 is 2.68 bits per heavy atom. The fourth-order valence-corrected chi connectivity index (χ4v) is 2.06. The molecule has 1 aromatic carbocycles. The molecule has 2 rings (SSSR count). The molecule has 0 radical (unpaired) electrons. The van der Waals surface area contributed by atoms with Crippen molar-refractivity contribution in [1.82, 2.24) is 4.98 Å². The zero-order valence-corrected chi connectivity index (χ0v) is 12.1. The van der Waals surface area contributed by atoms with E-state index in [1.54, 1.807) is 30.3 Å². The Hall–Kier alpha value is -2.89. The van der Waals surface area contributed by atoms with Gasteiger partial charge in [0.05, 0.1) is 6.42 Å². The molecule has 1 amide bonds. The lowest BCUT2D eigenvalue weighted by atomic mass is 10.1. The van der Waals surface area contributed by atoms with E-state index in [0.29, 0.717) is 23.4 Å². The van der Waals surface area contributed by atoms with Crippen LogP contribution < -0.4 is 10.9 Å². The Labute approximate surface area is 126 Å². The van der Waals surface area contributed by atoms with Crippen LogP contribution in [0.15, 0.2) is 41.2 Å². The van der Waals surface area contributed by atoms with Gasteiger partial charge < -0.3 is 15.4 Å². The molecule has 6 nitrogen and oxygen atoms in total. The van der Waals surface area contributed by atoms with Crippen molar-refractivity contribution in [3.63, 3.8) is 0 Å². The van der Waals surface area contributed by atoms with Gasteiger partial charge in [-0.15, -0.1) is 0 Å². The van der Waals surface area contributed by atoms with Crippen molar-refractivity contribution in [2.45, 2.75) is 19.8 Å². The van der Waals surface area contributed by atoms with Crippen LogP contribution in [-0.4, -0.2) is 22.0 Å². The van der Waals surface area contributed by atoms with Crippen molar-refractivity contribution in [3.8, 4) is 0 Å². The topological polar surface area (TPSA) is 99.3 Å². The Morgan fingerprint density at radius 1 is 1.23 bits per heavy atom. The first-order chi connectivity index (χ1) is 10.5. The minimum Gasteiger partial charge on any atom is -0.481 e. The number of aliphatic carboxylic acids is 1. The number of aryl methyl sites for hydroxylation is 1. The first kappa shape index (κ1) is 15.5. The van der Waals surface area contributed by atoms with Crippen LogP contribution in [0, 0.1) is 0 Å². The van der Waals surface area contributed by atoms with Crippen molar-refractivity contribution >= 4 is 17.6 Å². The Kier molecular flexibility index (Phi) is 4.73. The molecule has 0 aliphatic rings. The molecule has 0 saturated heterocycles. The van der Waals surface area contributed by atoms with Gasteiger partial charge in [-0.3, -0.25) is 14.4 Å². The second-order valence-corrected chi connectivity index (χ2v) is 4.84. The van der Waals surface area contributed by atoms with Gasteiger partial charge in [-0.2, -0.15) is 0 Å². The fraction of sp³-hybridized carbons (Fsp3) is 0.188. The predicted molar refractivity (Wildman–Crippen MR) is 82.2 cm³/mol. The molecule has 0 saturated carbocycles. The van der Waals surface area contributed by atoms with E-state index in [4.69, 9.17) is 5.11 Å². The number of carboxylic acid groups (broad SMARTS) is 1. The van der Waals surface area contributed by atoms with Crippen LogP contribution in [0.4, 0.5) is 5.69 Å². The molecule has 0 unspecified atom stereocenters. The highest BCUT2D eigenvalue weighted by Gasteiger charge is 2.09. The lowest BCUT2D eigenvalue weighted by molar-refractivity contribution is -0.136. The second kappa shape index (κ2) is 6.71. The Morgan fingerprint density at radius 2 is 2.00 bits per heavy atom. The molecule has 0 aliphatic carbocycles. The number of nitrogens with one attached hydrogen (secondary N) is 2. The Bertz CT molecular complexity index is 765. The van der Waals surface area contributed by atoms with Gasteiger partial charge in [0, 0.05) is 23.0 Å². The number of hydrogen-bond donors (Lipinski definition) is 3. The first-order valence-electron chi connectivity index (χ1n) is 6.83. The van der Waals surface area contributed by atoms with Crippen LogP contribution in [0.3, 0.4) is 0 Å². The summed E-state index contributed by atoms with van der Waals surface area (Å²) >= 11 is 0. The number of anilines is 1. The van der Waals surface area contributed by atoms with Crippen LogP contribution in [0.25, 0.3) is 0 Å². The summed E-state index contributed by atoms with van der Waals surface area (Å²) in [6.07, 6.45) is 0.499. The third-order valence-electron chi connectivity index (χ3n) is 3.08. The fourth-order valence-electron chi connectivity index (χ4n) is 2.06. The highest BCUT2D eigenvalue weighted by molar-refractivity contribution is 6.04. The van der Waals surface area contributed by atoms with Crippen LogP contribution in [0.5, 0.6) is 0 Å².